The van der Waals surface area contributed by atoms with Gasteiger partial charge in [0, 0.05) is 5.56 Å². The fourth-order valence-corrected chi connectivity index (χ4v) is 4.23. The second-order valence-electron chi connectivity index (χ2n) is 7.48. The molecular weight excluding hydrogens is 449 g/mol. The lowest BCUT2D eigenvalue weighted by Gasteiger charge is -2.15. The smallest absolute Gasteiger partial charge is 0.264 e. The molecule has 8 heteroatoms. The molecule has 5 rings (SSSR count). The van der Waals surface area contributed by atoms with Crippen molar-refractivity contribution in [3.63, 3.8) is 0 Å². The monoisotopic (exact) mass is 463 g/mol. The van der Waals surface area contributed by atoms with Crippen LogP contribution in [0.1, 0.15) is 42.5 Å². The van der Waals surface area contributed by atoms with Crippen LogP contribution in [0.5, 0.6) is 0 Å². The molecule has 0 fully saturated rings. The topological polar surface area (TPSA) is 72.3 Å². The first-order chi connectivity index (χ1) is 15.4. The van der Waals surface area contributed by atoms with Crippen LogP contribution in [0.15, 0.2) is 60.7 Å². The molecule has 0 atom stereocenters. The van der Waals surface area contributed by atoms with E-state index >= 15 is 0 Å². The highest BCUT2D eigenvalue weighted by atomic mass is 35.5. The van der Waals surface area contributed by atoms with E-state index in [0.29, 0.717) is 32.7 Å². The first-order valence-corrected chi connectivity index (χ1v) is 10.5. The highest BCUT2D eigenvalue weighted by Crippen LogP contribution is 2.31. The molecule has 0 N–H and O–H groups in total. The van der Waals surface area contributed by atoms with Crippen LogP contribution in [-0.2, 0) is 6.54 Å². The number of imidazole rings is 1. The Morgan fingerprint density at radius 2 is 1.50 bits per heavy atom. The third-order valence-corrected chi connectivity index (χ3v) is 6.24. The summed E-state index contributed by atoms with van der Waals surface area (Å²) in [5, 5.41) is 0.560. The van der Waals surface area contributed by atoms with Crippen LogP contribution in [0.2, 0.25) is 10.0 Å². The molecule has 158 valence electrons. The molecule has 0 radical (unpaired) electrons. The zero-order chi connectivity index (χ0) is 22.6. The zero-order valence-corrected chi connectivity index (χ0v) is 18.3. The summed E-state index contributed by atoms with van der Waals surface area (Å²) < 4.78 is 1.39. The van der Waals surface area contributed by atoms with Crippen LogP contribution in [0, 0.1) is 6.92 Å². The maximum atomic E-state index is 13.6. The molecule has 32 heavy (non-hydrogen) atoms. The van der Waals surface area contributed by atoms with Gasteiger partial charge in [-0.3, -0.25) is 23.9 Å². The largest absolute Gasteiger partial charge is 0.269 e. The fraction of sp³-hybridized carbons (Fsp3) is 0.0833. The minimum atomic E-state index is -0.427. The summed E-state index contributed by atoms with van der Waals surface area (Å²) in [5.74, 6) is -0.955. The lowest BCUT2D eigenvalue weighted by atomic mass is 10.1. The Hall–Kier alpha value is -3.48. The van der Waals surface area contributed by atoms with E-state index in [9.17, 15) is 14.4 Å². The molecule has 2 heterocycles. The van der Waals surface area contributed by atoms with Crippen LogP contribution in [0.3, 0.4) is 0 Å². The molecule has 1 aliphatic rings. The van der Waals surface area contributed by atoms with Crippen molar-refractivity contribution >= 4 is 52.0 Å². The van der Waals surface area contributed by atoms with Crippen molar-refractivity contribution in [2.75, 3.05) is 0 Å². The molecule has 0 unspecified atom stereocenters. The van der Waals surface area contributed by atoms with Gasteiger partial charge in [0.1, 0.15) is 5.82 Å². The van der Waals surface area contributed by atoms with E-state index in [4.69, 9.17) is 23.2 Å². The molecule has 6 nitrogen and oxygen atoms in total. The number of amides is 2. The summed E-state index contributed by atoms with van der Waals surface area (Å²) in [6.45, 7) is 1.66. The Kier molecular flexibility index (Phi) is 4.84. The Labute approximate surface area is 193 Å². The molecule has 0 aliphatic carbocycles. The minimum Gasteiger partial charge on any atom is -0.269 e. The van der Waals surface area contributed by atoms with Crippen molar-refractivity contribution < 1.29 is 14.4 Å². The molecule has 3 aromatic carbocycles. The van der Waals surface area contributed by atoms with Gasteiger partial charge in [0.2, 0.25) is 0 Å². The molecule has 1 aliphatic heterocycles. The van der Waals surface area contributed by atoms with Crippen molar-refractivity contribution in [2.45, 2.75) is 13.5 Å². The number of halogens is 2. The van der Waals surface area contributed by atoms with Gasteiger partial charge < -0.3 is 0 Å². The molecule has 4 aromatic rings. The van der Waals surface area contributed by atoms with Crippen molar-refractivity contribution in [3.05, 3.63) is 98.8 Å². The highest BCUT2D eigenvalue weighted by Gasteiger charge is 2.36. The standard InChI is InChI=1S/C24H15Cl2N3O3/c1-13-6-2-3-7-14(13)24(32)29-20-11-18(26)17(25)10-19(20)27-21(29)12-28-22(30)15-8-4-5-9-16(15)23(28)31/h2-11H,12H2,1H3. The van der Waals surface area contributed by atoms with Gasteiger partial charge in [-0.05, 0) is 42.8 Å². The SMILES string of the molecule is Cc1ccccc1C(=O)n1c(CN2C(=O)c3ccccc3C2=O)nc2cc(Cl)c(Cl)cc21. The number of carbonyl (C=O) groups is 3. The number of hydrogen-bond acceptors (Lipinski definition) is 4. The van der Waals surface area contributed by atoms with Crippen LogP contribution in [0.25, 0.3) is 11.0 Å². The Bertz CT molecular complexity index is 1420. The van der Waals surface area contributed by atoms with Crippen molar-refractivity contribution in [2.24, 2.45) is 0 Å². The normalized spacial score (nSPS) is 13.2. The second kappa shape index (κ2) is 7.58. The van der Waals surface area contributed by atoms with Gasteiger partial charge in [0.15, 0.2) is 0 Å². The first-order valence-electron chi connectivity index (χ1n) is 9.78. The maximum absolute atomic E-state index is 13.6. The van der Waals surface area contributed by atoms with E-state index < -0.39 is 11.8 Å². The number of fused-ring (bicyclic) bond motifs is 2. The Balaban J connectivity index is 1.66. The number of hydrogen-bond donors (Lipinski definition) is 0. The predicted octanol–water partition coefficient (Wildman–Crippen LogP) is 5.14. The third-order valence-electron chi connectivity index (χ3n) is 5.52. The van der Waals surface area contributed by atoms with Crippen LogP contribution < -0.4 is 0 Å². The van der Waals surface area contributed by atoms with E-state index in [2.05, 4.69) is 4.98 Å². The maximum Gasteiger partial charge on any atom is 0.264 e. The summed E-state index contributed by atoms with van der Waals surface area (Å²) in [4.78, 5) is 45.0. The zero-order valence-electron chi connectivity index (χ0n) is 16.8. The second-order valence-corrected chi connectivity index (χ2v) is 8.29. The lowest BCUT2D eigenvalue weighted by molar-refractivity contribution is 0.0633. The number of carbonyl (C=O) groups excluding carboxylic acids is 3. The van der Waals surface area contributed by atoms with Crippen LogP contribution >= 0.6 is 23.2 Å². The lowest BCUT2D eigenvalue weighted by Crippen LogP contribution is -2.31. The summed E-state index contributed by atoms with van der Waals surface area (Å²) in [6, 6.07) is 16.9. The minimum absolute atomic E-state index is 0.173. The van der Waals surface area contributed by atoms with Crippen molar-refractivity contribution in [3.8, 4) is 0 Å². The van der Waals surface area contributed by atoms with Crippen molar-refractivity contribution in [1.82, 2.24) is 14.5 Å². The van der Waals surface area contributed by atoms with Gasteiger partial charge in [-0.25, -0.2) is 4.98 Å². The Morgan fingerprint density at radius 1 is 0.906 bits per heavy atom. The van der Waals surface area contributed by atoms with Gasteiger partial charge in [-0.2, -0.15) is 0 Å². The third kappa shape index (κ3) is 3.11. The van der Waals surface area contributed by atoms with Gasteiger partial charge >= 0.3 is 0 Å². The number of nitrogens with zero attached hydrogens (tertiary/aromatic N) is 3. The van der Waals surface area contributed by atoms with Crippen molar-refractivity contribution in [1.29, 1.82) is 0 Å². The molecule has 0 spiro atoms. The first kappa shape index (κ1) is 20.4. The quantitative estimate of drug-likeness (QED) is 0.394. The van der Waals surface area contributed by atoms with Gasteiger partial charge in [0.05, 0.1) is 38.8 Å². The van der Waals surface area contributed by atoms with Gasteiger partial charge in [0.25, 0.3) is 17.7 Å². The van der Waals surface area contributed by atoms with E-state index in [0.717, 1.165) is 10.5 Å². The summed E-state index contributed by atoms with van der Waals surface area (Å²) in [5.41, 5.74) is 2.80. The van der Waals surface area contributed by atoms with E-state index in [1.165, 1.54) is 4.57 Å². The summed E-state index contributed by atoms with van der Waals surface area (Å²) in [6.07, 6.45) is 0. The number of aryl methyl sites for hydroxylation is 1. The highest BCUT2D eigenvalue weighted by molar-refractivity contribution is 6.42. The molecule has 0 saturated heterocycles. The summed E-state index contributed by atoms with van der Waals surface area (Å²) in [7, 11) is 0. The number of aromatic nitrogens is 2. The van der Waals surface area contributed by atoms with Gasteiger partial charge in [-0.1, -0.05) is 53.5 Å². The van der Waals surface area contributed by atoms with Gasteiger partial charge in [-0.15, -0.1) is 0 Å². The molecule has 0 bridgehead atoms. The summed E-state index contributed by atoms with van der Waals surface area (Å²) >= 11 is 12.4. The van der Waals surface area contributed by atoms with E-state index in [1.54, 1.807) is 48.5 Å². The number of benzene rings is 3. The molecule has 0 saturated carbocycles. The van der Waals surface area contributed by atoms with Crippen LogP contribution in [0.4, 0.5) is 0 Å². The Morgan fingerprint density at radius 3 is 2.16 bits per heavy atom. The van der Waals surface area contributed by atoms with E-state index in [1.807, 2.05) is 19.1 Å². The average molecular weight is 464 g/mol. The van der Waals surface area contributed by atoms with E-state index in [-0.39, 0.29) is 23.3 Å². The number of rotatable bonds is 3. The predicted molar refractivity (Wildman–Crippen MR) is 121 cm³/mol. The number of imide groups is 1. The molecule has 1 aromatic heterocycles. The molecular formula is C24H15Cl2N3O3. The fourth-order valence-electron chi connectivity index (χ4n) is 3.91. The van der Waals surface area contributed by atoms with Crippen LogP contribution in [-0.4, -0.2) is 32.2 Å². The average Bonchev–Trinajstić information content (AvgIpc) is 3.24. The molecule has 2 amide bonds.